The van der Waals surface area contributed by atoms with Crippen molar-refractivity contribution in [3.05, 3.63) is 17.7 Å². The molecule has 3 heterocycles. The summed E-state index contributed by atoms with van der Waals surface area (Å²) < 4.78 is 0. The summed E-state index contributed by atoms with van der Waals surface area (Å²) in [7, 11) is 0. The van der Waals surface area contributed by atoms with Crippen LogP contribution in [0.15, 0.2) is 6.33 Å². The molecule has 0 spiro atoms. The van der Waals surface area contributed by atoms with Gasteiger partial charge in [-0.15, -0.1) is 0 Å². The van der Waals surface area contributed by atoms with Crippen molar-refractivity contribution in [2.75, 3.05) is 6.54 Å². The number of fused-ring (bicyclic) bond motifs is 2. The third-order valence-corrected chi connectivity index (χ3v) is 2.85. The summed E-state index contributed by atoms with van der Waals surface area (Å²) in [6, 6.07) is 0.567. The van der Waals surface area contributed by atoms with Crippen LogP contribution in [0.3, 0.4) is 0 Å². The zero-order valence-electron chi connectivity index (χ0n) is 6.30. The lowest BCUT2D eigenvalue weighted by molar-refractivity contribution is 0.328. The predicted octanol–water partition coefficient (Wildman–Crippen LogP) is 0.931. The molecule has 1 aliphatic carbocycles. The molecule has 0 amide bonds. The van der Waals surface area contributed by atoms with Crippen LogP contribution in [0, 0.1) is 0 Å². The topological polar surface area (TPSA) is 40.7 Å². The molecule has 1 fully saturated rings. The first-order valence-corrected chi connectivity index (χ1v) is 4.21. The van der Waals surface area contributed by atoms with Crippen LogP contribution < -0.4 is 5.32 Å². The average molecular weight is 149 g/mol. The number of aromatic nitrogens is 2. The van der Waals surface area contributed by atoms with Gasteiger partial charge in [0, 0.05) is 18.5 Å². The standard InChI is InChI=1S/C8H11N3/c1-2-6-8-7(10-4-11-8)5(1)3-9-6/h4-6,9H,1-3H2,(H,10,11). The van der Waals surface area contributed by atoms with Crippen LogP contribution in [0.4, 0.5) is 0 Å². The maximum atomic E-state index is 4.34. The molecule has 2 aliphatic heterocycles. The molecule has 1 saturated heterocycles. The molecular weight excluding hydrogens is 138 g/mol. The molecule has 58 valence electrons. The van der Waals surface area contributed by atoms with E-state index >= 15 is 0 Å². The number of nitrogens with zero attached hydrogens (tertiary/aromatic N) is 1. The monoisotopic (exact) mass is 149 g/mol. The van der Waals surface area contributed by atoms with Crippen molar-refractivity contribution in [1.29, 1.82) is 0 Å². The molecule has 3 heteroatoms. The lowest BCUT2D eigenvalue weighted by atomic mass is 9.82. The predicted molar refractivity (Wildman–Crippen MR) is 41.3 cm³/mol. The van der Waals surface area contributed by atoms with Crippen LogP contribution in [0.1, 0.15) is 36.2 Å². The lowest BCUT2D eigenvalue weighted by Crippen LogP contribution is -2.38. The molecule has 2 bridgehead atoms. The Morgan fingerprint density at radius 2 is 2.45 bits per heavy atom. The molecule has 3 aliphatic rings. The van der Waals surface area contributed by atoms with E-state index in [1.165, 1.54) is 24.2 Å². The number of imidazole rings is 1. The van der Waals surface area contributed by atoms with Gasteiger partial charge in [0.1, 0.15) is 0 Å². The molecule has 4 rings (SSSR count). The quantitative estimate of drug-likeness (QED) is 0.576. The smallest absolute Gasteiger partial charge is 0.0925 e. The number of nitrogens with one attached hydrogen (secondary N) is 2. The second-order valence-electron chi connectivity index (χ2n) is 3.44. The van der Waals surface area contributed by atoms with Crippen molar-refractivity contribution < 1.29 is 0 Å². The Labute approximate surface area is 65.2 Å². The van der Waals surface area contributed by atoms with Gasteiger partial charge in [0.2, 0.25) is 0 Å². The number of piperidine rings is 1. The van der Waals surface area contributed by atoms with Crippen molar-refractivity contribution >= 4 is 0 Å². The Morgan fingerprint density at radius 3 is 3.18 bits per heavy atom. The molecule has 0 saturated carbocycles. The summed E-state index contributed by atoms with van der Waals surface area (Å²) in [5.41, 5.74) is 2.66. The third kappa shape index (κ3) is 0.639. The van der Waals surface area contributed by atoms with E-state index in [2.05, 4.69) is 15.3 Å². The Morgan fingerprint density at radius 1 is 1.45 bits per heavy atom. The largest absolute Gasteiger partial charge is 0.347 e. The third-order valence-electron chi connectivity index (χ3n) is 2.85. The van der Waals surface area contributed by atoms with Crippen molar-refractivity contribution in [3.63, 3.8) is 0 Å². The first kappa shape index (κ1) is 5.77. The molecule has 0 aromatic carbocycles. The molecule has 1 aromatic heterocycles. The minimum atomic E-state index is 0.567. The Bertz CT molecular complexity index is 244. The van der Waals surface area contributed by atoms with Crippen LogP contribution in [-0.4, -0.2) is 16.5 Å². The van der Waals surface area contributed by atoms with Crippen molar-refractivity contribution in [2.24, 2.45) is 0 Å². The Hall–Kier alpha value is -0.830. The molecule has 3 nitrogen and oxygen atoms in total. The van der Waals surface area contributed by atoms with Gasteiger partial charge in [-0.05, 0) is 12.8 Å². The lowest BCUT2D eigenvalue weighted by Gasteiger charge is -2.35. The highest BCUT2D eigenvalue weighted by atomic mass is 15.0. The maximum absolute atomic E-state index is 4.34. The van der Waals surface area contributed by atoms with E-state index in [0.717, 1.165) is 6.54 Å². The summed E-state index contributed by atoms with van der Waals surface area (Å²) in [4.78, 5) is 7.56. The van der Waals surface area contributed by atoms with Gasteiger partial charge >= 0.3 is 0 Å². The zero-order chi connectivity index (χ0) is 7.26. The van der Waals surface area contributed by atoms with E-state index in [9.17, 15) is 0 Å². The van der Waals surface area contributed by atoms with Gasteiger partial charge < -0.3 is 10.3 Å². The van der Waals surface area contributed by atoms with E-state index in [-0.39, 0.29) is 0 Å². The summed E-state index contributed by atoms with van der Waals surface area (Å²) in [6.45, 7) is 1.13. The van der Waals surface area contributed by atoms with Crippen molar-refractivity contribution in [2.45, 2.75) is 24.8 Å². The number of H-pyrrole nitrogens is 1. The second-order valence-corrected chi connectivity index (χ2v) is 3.44. The number of rotatable bonds is 0. The molecule has 11 heavy (non-hydrogen) atoms. The molecule has 1 aromatic rings. The van der Waals surface area contributed by atoms with Gasteiger partial charge in [0.25, 0.3) is 0 Å². The molecular formula is C8H11N3. The fourth-order valence-corrected chi connectivity index (χ4v) is 2.26. The number of aromatic amines is 1. The van der Waals surface area contributed by atoms with E-state index in [0.29, 0.717) is 12.0 Å². The highest BCUT2D eigenvalue weighted by Gasteiger charge is 2.34. The molecule has 2 N–H and O–H groups in total. The fourth-order valence-electron chi connectivity index (χ4n) is 2.26. The summed E-state index contributed by atoms with van der Waals surface area (Å²) in [5.74, 6) is 0.682. The van der Waals surface area contributed by atoms with Crippen molar-refractivity contribution in [3.8, 4) is 0 Å². The van der Waals surface area contributed by atoms with Gasteiger partial charge in [-0.3, -0.25) is 0 Å². The summed E-state index contributed by atoms with van der Waals surface area (Å²) in [6.07, 6.45) is 4.42. The Balaban J connectivity index is 2.19. The van der Waals surface area contributed by atoms with Crippen LogP contribution in [0.2, 0.25) is 0 Å². The van der Waals surface area contributed by atoms with Crippen LogP contribution in [0.25, 0.3) is 0 Å². The second kappa shape index (κ2) is 1.85. The summed E-state index contributed by atoms with van der Waals surface area (Å²) >= 11 is 0. The number of hydrogen-bond acceptors (Lipinski definition) is 2. The zero-order valence-corrected chi connectivity index (χ0v) is 6.30. The van der Waals surface area contributed by atoms with Crippen molar-refractivity contribution in [1.82, 2.24) is 15.3 Å². The highest BCUT2D eigenvalue weighted by molar-refractivity contribution is 5.26. The van der Waals surface area contributed by atoms with E-state index in [4.69, 9.17) is 0 Å². The summed E-state index contributed by atoms with van der Waals surface area (Å²) in [5, 5.41) is 3.49. The van der Waals surface area contributed by atoms with Crippen LogP contribution in [0.5, 0.6) is 0 Å². The van der Waals surface area contributed by atoms with Gasteiger partial charge in [0.15, 0.2) is 0 Å². The average Bonchev–Trinajstić information content (AvgIpc) is 2.55. The molecule has 0 radical (unpaired) electrons. The minimum absolute atomic E-state index is 0.567. The fraction of sp³-hybridized carbons (Fsp3) is 0.625. The van der Waals surface area contributed by atoms with Gasteiger partial charge in [-0.25, -0.2) is 4.98 Å². The van der Waals surface area contributed by atoms with E-state index < -0.39 is 0 Å². The number of hydrogen-bond donors (Lipinski definition) is 2. The minimum Gasteiger partial charge on any atom is -0.347 e. The van der Waals surface area contributed by atoms with E-state index in [1.54, 1.807) is 0 Å². The van der Waals surface area contributed by atoms with Gasteiger partial charge in [-0.1, -0.05) is 0 Å². The highest BCUT2D eigenvalue weighted by Crippen LogP contribution is 2.39. The molecule has 2 unspecified atom stereocenters. The molecule has 2 atom stereocenters. The van der Waals surface area contributed by atoms with Gasteiger partial charge in [-0.2, -0.15) is 0 Å². The van der Waals surface area contributed by atoms with E-state index in [1.807, 2.05) is 6.33 Å². The van der Waals surface area contributed by atoms with Gasteiger partial charge in [0.05, 0.1) is 17.7 Å². The van der Waals surface area contributed by atoms with Crippen LogP contribution in [-0.2, 0) is 0 Å². The normalized spacial score (nSPS) is 33.8. The first-order chi connectivity index (χ1) is 5.45. The SMILES string of the molecule is c1nc2c([nH]1)C1CCC2CN1. The van der Waals surface area contributed by atoms with Crippen LogP contribution >= 0.6 is 0 Å². The Kier molecular flexibility index (Phi) is 0.973. The first-order valence-electron chi connectivity index (χ1n) is 4.21. The maximum Gasteiger partial charge on any atom is 0.0925 e.